The third-order valence-electron chi connectivity index (χ3n) is 3.37. The molecule has 0 spiro atoms. The fourth-order valence-corrected chi connectivity index (χ4v) is 2.46. The molecule has 1 amide bonds. The van der Waals surface area contributed by atoms with Crippen molar-refractivity contribution in [1.29, 1.82) is 0 Å². The van der Waals surface area contributed by atoms with Crippen molar-refractivity contribution in [2.45, 2.75) is 71.0 Å². The van der Waals surface area contributed by atoms with Gasteiger partial charge in [-0.1, -0.05) is 12.8 Å². The average Bonchev–Trinajstić information content (AvgIpc) is 2.64. The van der Waals surface area contributed by atoms with Gasteiger partial charge in [-0.05, 0) is 40.5 Å². The predicted octanol–water partition coefficient (Wildman–Crippen LogP) is 2.69. The van der Waals surface area contributed by atoms with E-state index in [0.717, 1.165) is 0 Å². The molecule has 0 radical (unpaired) electrons. The third kappa shape index (κ3) is 4.54. The van der Waals surface area contributed by atoms with E-state index in [4.69, 9.17) is 0 Å². The van der Waals surface area contributed by atoms with Gasteiger partial charge >= 0.3 is 6.09 Å². The van der Waals surface area contributed by atoms with Crippen molar-refractivity contribution in [3.63, 3.8) is 0 Å². The highest BCUT2D eigenvalue weighted by Gasteiger charge is 2.28. The average molecular weight is 242 g/mol. The Labute approximate surface area is 104 Å². The summed E-state index contributed by atoms with van der Waals surface area (Å²) in [5, 5.41) is 12.7. The predicted molar refractivity (Wildman–Crippen MR) is 69.3 cm³/mol. The molecule has 1 fully saturated rings. The van der Waals surface area contributed by atoms with E-state index in [-0.39, 0.29) is 11.6 Å². The van der Waals surface area contributed by atoms with Crippen LogP contribution in [0.1, 0.15) is 53.4 Å². The standard InChI is InChI=1S/C13H26N2O2/c1-10(14-11-7-5-6-8-11)9-15(12(16)17)13(2,3)4/h10-11,14H,5-9H2,1-4H3,(H,16,17). The van der Waals surface area contributed by atoms with Crippen molar-refractivity contribution in [2.24, 2.45) is 0 Å². The molecule has 17 heavy (non-hydrogen) atoms. The van der Waals surface area contributed by atoms with E-state index < -0.39 is 6.09 Å². The van der Waals surface area contributed by atoms with Crippen LogP contribution < -0.4 is 5.32 Å². The molecule has 1 unspecified atom stereocenters. The zero-order valence-electron chi connectivity index (χ0n) is 11.5. The van der Waals surface area contributed by atoms with Gasteiger partial charge in [0.2, 0.25) is 0 Å². The monoisotopic (exact) mass is 242 g/mol. The maximum atomic E-state index is 11.2. The van der Waals surface area contributed by atoms with Gasteiger partial charge in [0.25, 0.3) is 0 Å². The second kappa shape index (κ2) is 5.71. The normalized spacial score (nSPS) is 19.3. The minimum absolute atomic E-state index is 0.216. The van der Waals surface area contributed by atoms with Crippen molar-refractivity contribution >= 4 is 6.09 Å². The van der Waals surface area contributed by atoms with Crippen LogP contribution in [0.3, 0.4) is 0 Å². The molecule has 0 aromatic heterocycles. The van der Waals surface area contributed by atoms with Crippen molar-refractivity contribution < 1.29 is 9.90 Å². The smallest absolute Gasteiger partial charge is 0.407 e. The third-order valence-corrected chi connectivity index (χ3v) is 3.37. The summed E-state index contributed by atoms with van der Waals surface area (Å²) in [4.78, 5) is 12.7. The summed E-state index contributed by atoms with van der Waals surface area (Å²) in [5.74, 6) is 0. The summed E-state index contributed by atoms with van der Waals surface area (Å²) in [7, 11) is 0. The highest BCUT2D eigenvalue weighted by Crippen LogP contribution is 2.19. The van der Waals surface area contributed by atoms with Crippen molar-refractivity contribution in [1.82, 2.24) is 10.2 Å². The number of carboxylic acid groups (broad SMARTS) is 1. The van der Waals surface area contributed by atoms with Crippen LogP contribution >= 0.6 is 0 Å². The van der Waals surface area contributed by atoms with Crippen LogP contribution in [-0.4, -0.2) is 40.3 Å². The Balaban J connectivity index is 2.46. The van der Waals surface area contributed by atoms with Gasteiger partial charge in [0.15, 0.2) is 0 Å². The Morgan fingerprint density at radius 2 is 1.94 bits per heavy atom. The summed E-state index contributed by atoms with van der Waals surface area (Å²) in [6.45, 7) is 8.42. The lowest BCUT2D eigenvalue weighted by Crippen LogP contribution is -2.51. The maximum absolute atomic E-state index is 11.2. The molecule has 0 heterocycles. The summed E-state index contributed by atoms with van der Waals surface area (Å²) in [5.41, 5.74) is -0.336. The summed E-state index contributed by atoms with van der Waals surface area (Å²) in [6, 6.07) is 0.800. The van der Waals surface area contributed by atoms with Crippen molar-refractivity contribution in [3.05, 3.63) is 0 Å². The lowest BCUT2D eigenvalue weighted by Gasteiger charge is -2.36. The molecule has 0 aromatic rings. The first kappa shape index (κ1) is 14.3. The Morgan fingerprint density at radius 3 is 2.35 bits per heavy atom. The van der Waals surface area contributed by atoms with Crippen LogP contribution in [0.5, 0.6) is 0 Å². The number of amides is 1. The van der Waals surface area contributed by atoms with Crippen molar-refractivity contribution in [2.75, 3.05) is 6.54 Å². The van der Waals surface area contributed by atoms with Crippen LogP contribution in [0.4, 0.5) is 4.79 Å². The van der Waals surface area contributed by atoms with Crippen molar-refractivity contribution in [3.8, 4) is 0 Å². The SMILES string of the molecule is CC(CN(C(=O)O)C(C)(C)C)NC1CCCC1. The molecule has 0 aliphatic heterocycles. The van der Waals surface area contributed by atoms with Crippen LogP contribution in [-0.2, 0) is 0 Å². The summed E-state index contributed by atoms with van der Waals surface area (Å²) < 4.78 is 0. The van der Waals surface area contributed by atoms with Crippen LogP contribution in [0, 0.1) is 0 Å². The van der Waals surface area contributed by atoms with Crippen LogP contribution in [0.25, 0.3) is 0 Å². The molecule has 1 atom stereocenters. The highest BCUT2D eigenvalue weighted by atomic mass is 16.4. The molecule has 1 rings (SSSR count). The molecule has 1 aliphatic rings. The molecule has 0 saturated heterocycles. The number of rotatable bonds is 4. The van der Waals surface area contributed by atoms with Gasteiger partial charge in [0, 0.05) is 24.2 Å². The van der Waals surface area contributed by atoms with E-state index in [1.165, 1.54) is 30.6 Å². The largest absolute Gasteiger partial charge is 0.465 e. The van der Waals surface area contributed by atoms with Gasteiger partial charge in [-0.15, -0.1) is 0 Å². The van der Waals surface area contributed by atoms with Gasteiger partial charge in [-0.2, -0.15) is 0 Å². The van der Waals surface area contributed by atoms with Gasteiger partial charge in [-0.25, -0.2) is 4.79 Å². The zero-order chi connectivity index (χ0) is 13.1. The molecule has 4 heteroatoms. The van der Waals surface area contributed by atoms with E-state index >= 15 is 0 Å². The van der Waals surface area contributed by atoms with E-state index in [1.54, 1.807) is 0 Å². The molecule has 0 bridgehead atoms. The second-order valence-electron chi connectivity index (χ2n) is 6.11. The Kier molecular flexibility index (Phi) is 4.80. The number of carbonyl (C=O) groups is 1. The minimum Gasteiger partial charge on any atom is -0.465 e. The highest BCUT2D eigenvalue weighted by molar-refractivity contribution is 5.66. The topological polar surface area (TPSA) is 52.6 Å². The molecule has 1 saturated carbocycles. The summed E-state index contributed by atoms with van der Waals surface area (Å²) >= 11 is 0. The Bertz CT molecular complexity index is 255. The Morgan fingerprint density at radius 1 is 1.41 bits per heavy atom. The number of hydrogen-bond acceptors (Lipinski definition) is 2. The molecule has 1 aliphatic carbocycles. The minimum atomic E-state index is -0.836. The van der Waals surface area contributed by atoms with Gasteiger partial charge in [-0.3, -0.25) is 0 Å². The molecule has 2 N–H and O–H groups in total. The molecular weight excluding hydrogens is 216 g/mol. The number of nitrogens with zero attached hydrogens (tertiary/aromatic N) is 1. The fraction of sp³-hybridized carbons (Fsp3) is 0.923. The first-order chi connectivity index (χ1) is 7.80. The lowest BCUT2D eigenvalue weighted by molar-refractivity contribution is 0.0932. The molecule has 100 valence electrons. The lowest BCUT2D eigenvalue weighted by atomic mass is 10.1. The van der Waals surface area contributed by atoms with E-state index in [1.807, 2.05) is 20.8 Å². The molecule has 0 aromatic carbocycles. The number of nitrogens with one attached hydrogen (secondary N) is 1. The van der Waals surface area contributed by atoms with E-state index in [9.17, 15) is 9.90 Å². The van der Waals surface area contributed by atoms with Crippen LogP contribution in [0.2, 0.25) is 0 Å². The number of hydrogen-bond donors (Lipinski definition) is 2. The van der Waals surface area contributed by atoms with Crippen LogP contribution in [0.15, 0.2) is 0 Å². The second-order valence-corrected chi connectivity index (χ2v) is 6.11. The first-order valence-corrected chi connectivity index (χ1v) is 6.57. The van der Waals surface area contributed by atoms with E-state index in [2.05, 4.69) is 12.2 Å². The molecular formula is C13H26N2O2. The van der Waals surface area contributed by atoms with Gasteiger partial charge in [0.1, 0.15) is 0 Å². The fourth-order valence-electron chi connectivity index (χ4n) is 2.46. The Hall–Kier alpha value is -0.770. The zero-order valence-corrected chi connectivity index (χ0v) is 11.5. The quantitative estimate of drug-likeness (QED) is 0.797. The molecule has 4 nitrogen and oxygen atoms in total. The van der Waals surface area contributed by atoms with E-state index in [0.29, 0.717) is 12.6 Å². The summed E-state index contributed by atoms with van der Waals surface area (Å²) in [6.07, 6.45) is 4.22. The van der Waals surface area contributed by atoms with Gasteiger partial charge < -0.3 is 15.3 Å². The first-order valence-electron chi connectivity index (χ1n) is 6.57. The maximum Gasteiger partial charge on any atom is 0.407 e. The van der Waals surface area contributed by atoms with Gasteiger partial charge in [0.05, 0.1) is 0 Å².